The molecule has 1 N–H and O–H groups in total. The maximum absolute atomic E-state index is 13.2. The number of hydrogen-bond donors (Lipinski definition) is 1. The molecule has 24 heavy (non-hydrogen) atoms. The van der Waals surface area contributed by atoms with Crippen LogP contribution in [0.3, 0.4) is 0 Å². The maximum Gasteiger partial charge on any atom is 0.438 e. The third-order valence-electron chi connectivity index (χ3n) is 3.65. The van der Waals surface area contributed by atoms with Crippen LogP contribution in [0.5, 0.6) is 0 Å². The number of carbonyl (C=O) groups is 1. The van der Waals surface area contributed by atoms with Crippen LogP contribution in [0.25, 0.3) is 0 Å². The molecule has 2 rings (SSSR count). The quantitative estimate of drug-likeness (QED) is 0.654. The molecule has 132 valence electrons. The number of hydrogen-bond acceptors (Lipinski definition) is 6. The van der Waals surface area contributed by atoms with Gasteiger partial charge in [0.05, 0.1) is 4.92 Å². The van der Waals surface area contributed by atoms with Crippen LogP contribution in [0.1, 0.15) is 27.2 Å². The number of hydrazone groups is 1. The average Bonchev–Trinajstić information content (AvgIpc) is 3.02. The molecule has 12 heteroatoms. The van der Waals surface area contributed by atoms with Gasteiger partial charge in [0.1, 0.15) is 17.9 Å². The Labute approximate surface area is 133 Å². The second-order valence-corrected chi connectivity index (χ2v) is 5.90. The van der Waals surface area contributed by atoms with Gasteiger partial charge in [-0.2, -0.15) is 28.4 Å². The molecule has 0 radical (unpaired) electrons. The molecular weight excluding hydrogens is 335 g/mol. The van der Waals surface area contributed by atoms with Crippen molar-refractivity contribution in [2.45, 2.75) is 44.6 Å². The van der Waals surface area contributed by atoms with Gasteiger partial charge in [-0.3, -0.25) is 19.6 Å². The number of rotatable bonds is 3. The molecule has 1 aromatic heterocycles. The molecule has 0 bridgehead atoms. The molecule has 1 aliphatic rings. The normalized spacial score (nSPS) is 21.8. The number of carbonyl (C=O) groups excluding carboxylic acids is 1. The van der Waals surface area contributed by atoms with Gasteiger partial charge in [0, 0.05) is 12.1 Å². The second kappa shape index (κ2) is 5.26. The predicted octanol–water partition coefficient (Wildman–Crippen LogP) is 1.39. The zero-order valence-corrected chi connectivity index (χ0v) is 12.9. The summed E-state index contributed by atoms with van der Waals surface area (Å²) >= 11 is 0. The van der Waals surface area contributed by atoms with Gasteiger partial charge in [-0.25, -0.2) is 0 Å². The zero-order chi connectivity index (χ0) is 18.5. The lowest BCUT2D eigenvalue weighted by atomic mass is 10.0. The van der Waals surface area contributed by atoms with Crippen molar-refractivity contribution in [3.05, 3.63) is 22.5 Å². The lowest BCUT2D eigenvalue weighted by Gasteiger charge is -2.36. The second-order valence-electron chi connectivity index (χ2n) is 5.90. The van der Waals surface area contributed by atoms with Crippen molar-refractivity contribution in [2.24, 2.45) is 5.10 Å². The predicted molar refractivity (Wildman–Crippen MR) is 73.8 cm³/mol. The third-order valence-corrected chi connectivity index (χ3v) is 3.65. The van der Waals surface area contributed by atoms with Gasteiger partial charge in [-0.15, -0.1) is 0 Å². The summed E-state index contributed by atoms with van der Waals surface area (Å²) in [5.41, 5.74) is -5.72. The van der Waals surface area contributed by atoms with E-state index in [4.69, 9.17) is 0 Å². The highest BCUT2D eigenvalue weighted by Gasteiger charge is 2.64. The summed E-state index contributed by atoms with van der Waals surface area (Å²) in [7, 11) is 0. The summed E-state index contributed by atoms with van der Waals surface area (Å²) in [5.74, 6) is -1.21. The Bertz CT molecular complexity index is 727. The maximum atomic E-state index is 13.2. The standard InChI is InChI=1S/C12H14F3N5O4/c1-7-4-11(22,12(13,14)15)19(17-7)9(21)10(2,3)18-6-8(5-16-18)20(23)24/h5-6,22H,4H2,1-3H3/t11-/m0/s1. The molecule has 0 spiro atoms. The molecule has 0 aromatic carbocycles. The molecule has 1 amide bonds. The molecule has 0 saturated carbocycles. The van der Waals surface area contributed by atoms with E-state index >= 15 is 0 Å². The molecule has 2 heterocycles. The molecule has 0 saturated heterocycles. The monoisotopic (exact) mass is 349 g/mol. The first kappa shape index (κ1) is 17.8. The van der Waals surface area contributed by atoms with Crippen LogP contribution >= 0.6 is 0 Å². The Kier molecular flexibility index (Phi) is 3.91. The minimum absolute atomic E-state index is 0.0319. The first-order valence-electron chi connectivity index (χ1n) is 6.68. The smallest absolute Gasteiger partial charge is 0.362 e. The van der Waals surface area contributed by atoms with Crippen LogP contribution in [-0.2, 0) is 10.3 Å². The van der Waals surface area contributed by atoms with Gasteiger partial charge in [0.15, 0.2) is 0 Å². The summed E-state index contributed by atoms with van der Waals surface area (Å²) in [5, 5.41) is 27.8. The van der Waals surface area contributed by atoms with Crippen molar-refractivity contribution >= 4 is 17.3 Å². The molecule has 9 nitrogen and oxygen atoms in total. The number of nitrogens with zero attached hydrogens (tertiary/aromatic N) is 5. The van der Waals surface area contributed by atoms with Crippen LogP contribution in [0, 0.1) is 10.1 Å². The Morgan fingerprint density at radius 2 is 2.04 bits per heavy atom. The van der Waals surface area contributed by atoms with Gasteiger partial charge in [0.25, 0.3) is 11.6 Å². The summed E-state index contributed by atoms with van der Waals surface area (Å²) in [6.45, 7) is 3.67. The molecule has 0 fully saturated rings. The van der Waals surface area contributed by atoms with Gasteiger partial charge >= 0.3 is 11.9 Å². The lowest BCUT2D eigenvalue weighted by Crippen LogP contribution is -2.60. The third kappa shape index (κ3) is 2.62. The fraction of sp³-hybridized carbons (Fsp3) is 0.583. The summed E-state index contributed by atoms with van der Waals surface area (Å²) in [6.07, 6.45) is -4.23. The fourth-order valence-electron chi connectivity index (χ4n) is 2.22. The summed E-state index contributed by atoms with van der Waals surface area (Å²) in [4.78, 5) is 22.5. The Morgan fingerprint density at radius 1 is 1.46 bits per heavy atom. The number of aliphatic hydroxyl groups is 1. The summed E-state index contributed by atoms with van der Waals surface area (Å²) < 4.78 is 40.5. The van der Waals surface area contributed by atoms with Crippen molar-refractivity contribution < 1.29 is 28.0 Å². The fourth-order valence-corrected chi connectivity index (χ4v) is 2.22. The molecular formula is C12H14F3N5O4. The number of nitro groups is 1. The van der Waals surface area contributed by atoms with Gasteiger partial charge in [-0.1, -0.05) is 0 Å². The van der Waals surface area contributed by atoms with Crippen LogP contribution in [0.2, 0.25) is 0 Å². The number of halogens is 3. The van der Waals surface area contributed by atoms with Gasteiger partial charge in [-0.05, 0) is 20.8 Å². The first-order chi connectivity index (χ1) is 10.8. The lowest BCUT2D eigenvalue weighted by molar-refractivity contribution is -0.385. The average molecular weight is 349 g/mol. The van der Waals surface area contributed by atoms with E-state index in [9.17, 15) is 33.2 Å². The van der Waals surface area contributed by atoms with Crippen molar-refractivity contribution in [1.29, 1.82) is 0 Å². The van der Waals surface area contributed by atoms with E-state index in [1.165, 1.54) is 20.8 Å². The van der Waals surface area contributed by atoms with E-state index in [-0.39, 0.29) is 10.7 Å². The molecule has 1 aromatic rings. The molecule has 0 unspecified atom stereocenters. The van der Waals surface area contributed by atoms with E-state index in [2.05, 4.69) is 10.2 Å². The topological polar surface area (TPSA) is 114 Å². The summed E-state index contributed by atoms with van der Waals surface area (Å²) in [6, 6.07) is 0. The van der Waals surface area contributed by atoms with Crippen molar-refractivity contribution in [3.63, 3.8) is 0 Å². The van der Waals surface area contributed by atoms with E-state index < -0.39 is 40.4 Å². The van der Waals surface area contributed by atoms with E-state index in [0.717, 1.165) is 17.1 Å². The molecule has 1 atom stereocenters. The first-order valence-corrected chi connectivity index (χ1v) is 6.68. The highest BCUT2D eigenvalue weighted by molar-refractivity contribution is 5.91. The van der Waals surface area contributed by atoms with Crippen molar-refractivity contribution in [3.8, 4) is 0 Å². The number of alkyl halides is 3. The Balaban J connectivity index is 2.42. The van der Waals surface area contributed by atoms with Gasteiger partial charge < -0.3 is 5.11 Å². The highest BCUT2D eigenvalue weighted by atomic mass is 19.4. The van der Waals surface area contributed by atoms with Crippen molar-refractivity contribution in [2.75, 3.05) is 0 Å². The van der Waals surface area contributed by atoms with Crippen molar-refractivity contribution in [1.82, 2.24) is 14.8 Å². The zero-order valence-electron chi connectivity index (χ0n) is 12.9. The Hall–Kier alpha value is -2.50. The minimum Gasteiger partial charge on any atom is -0.362 e. The van der Waals surface area contributed by atoms with Crippen LogP contribution in [0.15, 0.2) is 17.5 Å². The van der Waals surface area contributed by atoms with E-state index in [1.807, 2.05) is 0 Å². The molecule has 1 aliphatic heterocycles. The van der Waals surface area contributed by atoms with Gasteiger partial charge in [0.2, 0.25) is 0 Å². The highest BCUT2D eigenvalue weighted by Crippen LogP contribution is 2.41. The van der Waals surface area contributed by atoms with Crippen LogP contribution in [-0.4, -0.2) is 48.3 Å². The number of aromatic nitrogens is 2. The van der Waals surface area contributed by atoms with Crippen LogP contribution in [0.4, 0.5) is 18.9 Å². The van der Waals surface area contributed by atoms with E-state index in [1.54, 1.807) is 0 Å². The SMILES string of the molecule is CC1=NN(C(=O)C(C)(C)n2cc([N+](=O)[O-])cn2)[C@@](O)(C(F)(F)F)C1. The van der Waals surface area contributed by atoms with E-state index in [0.29, 0.717) is 0 Å². The Morgan fingerprint density at radius 3 is 2.50 bits per heavy atom. The largest absolute Gasteiger partial charge is 0.438 e. The minimum atomic E-state index is -5.13. The molecule has 0 aliphatic carbocycles. The van der Waals surface area contributed by atoms with Crippen LogP contribution < -0.4 is 0 Å². The number of amides is 1.